The average Bonchev–Trinajstić information content (AvgIpc) is 2.68. The van der Waals surface area contributed by atoms with E-state index in [1.54, 1.807) is 18.7 Å². The molecule has 2 rings (SSSR count). The monoisotopic (exact) mass is 189 g/mol. The van der Waals surface area contributed by atoms with Crippen LogP contribution in [0, 0.1) is 0 Å². The first-order valence-corrected chi connectivity index (χ1v) is 4.45. The zero-order chi connectivity index (χ0) is 9.80. The maximum absolute atomic E-state index is 5.48. The second-order valence-corrected chi connectivity index (χ2v) is 2.97. The quantitative estimate of drug-likeness (QED) is 0.788. The second kappa shape index (κ2) is 4.02. The van der Waals surface area contributed by atoms with Gasteiger partial charge in [-0.2, -0.15) is 0 Å². The van der Waals surface area contributed by atoms with Gasteiger partial charge < -0.3 is 10.3 Å². The Labute approximate surface area is 81.7 Å². The van der Waals surface area contributed by atoms with Gasteiger partial charge in [0.25, 0.3) is 0 Å². The van der Waals surface area contributed by atoms with Crippen molar-refractivity contribution in [1.82, 2.24) is 10.1 Å². The molecule has 0 bridgehead atoms. The van der Waals surface area contributed by atoms with E-state index in [-0.39, 0.29) is 0 Å². The third kappa shape index (κ3) is 1.65. The molecule has 4 nitrogen and oxygen atoms in total. The number of nitrogens with two attached hydrogens (primary N) is 1. The number of rotatable bonds is 3. The molecule has 2 heterocycles. The zero-order valence-electron chi connectivity index (χ0n) is 7.68. The lowest BCUT2D eigenvalue weighted by Gasteiger charge is -1.97. The highest BCUT2D eigenvalue weighted by Crippen LogP contribution is 2.20. The van der Waals surface area contributed by atoms with Crippen molar-refractivity contribution in [2.45, 2.75) is 6.42 Å². The summed E-state index contributed by atoms with van der Waals surface area (Å²) >= 11 is 0. The van der Waals surface area contributed by atoms with E-state index in [0.717, 1.165) is 23.2 Å². The van der Waals surface area contributed by atoms with E-state index in [1.165, 1.54) is 0 Å². The topological polar surface area (TPSA) is 64.9 Å². The van der Waals surface area contributed by atoms with Crippen molar-refractivity contribution in [2.75, 3.05) is 6.54 Å². The molecule has 0 aliphatic rings. The van der Waals surface area contributed by atoms with Crippen molar-refractivity contribution in [3.63, 3.8) is 0 Å². The summed E-state index contributed by atoms with van der Waals surface area (Å²) in [5, 5.41) is 3.93. The third-order valence-corrected chi connectivity index (χ3v) is 1.99. The standard InChI is InChI=1S/C10H11N3O/c11-4-3-9-7-14-13-10(9)8-2-1-5-12-6-8/h1-2,5-7H,3-4,11H2. The maximum Gasteiger partial charge on any atom is 0.127 e. The lowest BCUT2D eigenvalue weighted by Crippen LogP contribution is -2.02. The molecule has 2 aromatic heterocycles. The molecule has 0 amide bonds. The Balaban J connectivity index is 2.37. The highest BCUT2D eigenvalue weighted by atomic mass is 16.5. The number of hydrogen-bond donors (Lipinski definition) is 1. The summed E-state index contributed by atoms with van der Waals surface area (Å²) in [5.41, 5.74) is 8.31. The molecule has 0 unspecified atom stereocenters. The van der Waals surface area contributed by atoms with E-state index in [1.807, 2.05) is 12.1 Å². The summed E-state index contributed by atoms with van der Waals surface area (Å²) in [7, 11) is 0. The van der Waals surface area contributed by atoms with Crippen LogP contribution in [0.4, 0.5) is 0 Å². The molecular formula is C10H11N3O. The van der Waals surface area contributed by atoms with E-state index in [4.69, 9.17) is 10.3 Å². The van der Waals surface area contributed by atoms with Crippen LogP contribution in [0.25, 0.3) is 11.3 Å². The SMILES string of the molecule is NCCc1conc1-c1cccnc1. The molecule has 0 saturated heterocycles. The first kappa shape index (κ1) is 8.90. The Bertz CT molecular complexity index is 397. The molecular weight excluding hydrogens is 178 g/mol. The van der Waals surface area contributed by atoms with Gasteiger partial charge in [0.15, 0.2) is 0 Å². The molecule has 72 valence electrons. The van der Waals surface area contributed by atoms with Gasteiger partial charge in [-0.25, -0.2) is 0 Å². The van der Waals surface area contributed by atoms with E-state index in [9.17, 15) is 0 Å². The van der Waals surface area contributed by atoms with Crippen molar-refractivity contribution in [1.29, 1.82) is 0 Å². The summed E-state index contributed by atoms with van der Waals surface area (Å²) in [6.45, 7) is 0.592. The summed E-state index contributed by atoms with van der Waals surface area (Å²) in [4.78, 5) is 4.03. The summed E-state index contributed by atoms with van der Waals surface area (Å²) in [6, 6.07) is 3.82. The predicted octanol–water partition coefficient (Wildman–Crippen LogP) is 1.24. The molecule has 0 saturated carbocycles. The van der Waals surface area contributed by atoms with Gasteiger partial charge in [0.2, 0.25) is 0 Å². The molecule has 0 fully saturated rings. The van der Waals surface area contributed by atoms with Gasteiger partial charge >= 0.3 is 0 Å². The van der Waals surface area contributed by atoms with Gasteiger partial charge in [-0.3, -0.25) is 4.98 Å². The smallest absolute Gasteiger partial charge is 0.127 e. The fourth-order valence-corrected chi connectivity index (χ4v) is 1.33. The third-order valence-electron chi connectivity index (χ3n) is 1.99. The Hall–Kier alpha value is -1.68. The van der Waals surface area contributed by atoms with Crippen molar-refractivity contribution in [3.05, 3.63) is 36.4 Å². The Morgan fingerprint density at radius 3 is 3.07 bits per heavy atom. The minimum Gasteiger partial charge on any atom is -0.364 e. The average molecular weight is 189 g/mol. The van der Waals surface area contributed by atoms with Crippen LogP contribution in [-0.4, -0.2) is 16.7 Å². The van der Waals surface area contributed by atoms with Crippen LogP contribution in [0.15, 0.2) is 35.3 Å². The van der Waals surface area contributed by atoms with Gasteiger partial charge in [0.1, 0.15) is 12.0 Å². The van der Waals surface area contributed by atoms with E-state index in [2.05, 4.69) is 10.1 Å². The van der Waals surface area contributed by atoms with Gasteiger partial charge in [0, 0.05) is 23.5 Å². The second-order valence-electron chi connectivity index (χ2n) is 2.97. The van der Waals surface area contributed by atoms with Gasteiger partial charge in [-0.1, -0.05) is 5.16 Å². The van der Waals surface area contributed by atoms with Crippen LogP contribution in [0.2, 0.25) is 0 Å². The molecule has 0 atom stereocenters. The molecule has 0 spiro atoms. The number of pyridine rings is 1. The molecule has 2 N–H and O–H groups in total. The molecule has 0 aliphatic heterocycles. The van der Waals surface area contributed by atoms with Gasteiger partial charge in [0.05, 0.1) is 0 Å². The van der Waals surface area contributed by atoms with E-state index >= 15 is 0 Å². The number of nitrogens with zero attached hydrogens (tertiary/aromatic N) is 2. The Morgan fingerprint density at radius 2 is 2.36 bits per heavy atom. The van der Waals surface area contributed by atoms with Crippen molar-refractivity contribution >= 4 is 0 Å². The van der Waals surface area contributed by atoms with Crippen LogP contribution in [0.1, 0.15) is 5.56 Å². The molecule has 0 radical (unpaired) electrons. The normalized spacial score (nSPS) is 10.4. The minimum atomic E-state index is 0.592. The van der Waals surface area contributed by atoms with Crippen molar-refractivity contribution in [3.8, 4) is 11.3 Å². The van der Waals surface area contributed by atoms with Crippen LogP contribution in [0.5, 0.6) is 0 Å². The molecule has 14 heavy (non-hydrogen) atoms. The lowest BCUT2D eigenvalue weighted by atomic mass is 10.1. The fourth-order valence-electron chi connectivity index (χ4n) is 1.33. The molecule has 0 aromatic carbocycles. The van der Waals surface area contributed by atoms with Crippen LogP contribution >= 0.6 is 0 Å². The van der Waals surface area contributed by atoms with Crippen molar-refractivity contribution < 1.29 is 4.52 Å². The minimum absolute atomic E-state index is 0.592. The summed E-state index contributed by atoms with van der Waals surface area (Å²) in [6.07, 6.45) is 5.90. The fraction of sp³-hybridized carbons (Fsp3) is 0.200. The number of aromatic nitrogens is 2. The highest BCUT2D eigenvalue weighted by Gasteiger charge is 2.08. The van der Waals surface area contributed by atoms with Gasteiger partial charge in [-0.15, -0.1) is 0 Å². The first-order chi connectivity index (χ1) is 6.92. The van der Waals surface area contributed by atoms with Gasteiger partial charge in [-0.05, 0) is 25.1 Å². The zero-order valence-corrected chi connectivity index (χ0v) is 7.68. The lowest BCUT2D eigenvalue weighted by molar-refractivity contribution is 0.421. The maximum atomic E-state index is 5.48. The van der Waals surface area contributed by atoms with E-state index in [0.29, 0.717) is 6.54 Å². The predicted molar refractivity (Wildman–Crippen MR) is 52.5 cm³/mol. The molecule has 0 aliphatic carbocycles. The highest BCUT2D eigenvalue weighted by molar-refractivity contribution is 5.60. The first-order valence-electron chi connectivity index (χ1n) is 4.45. The largest absolute Gasteiger partial charge is 0.364 e. The summed E-state index contributed by atoms with van der Waals surface area (Å²) in [5.74, 6) is 0. The van der Waals surface area contributed by atoms with Crippen LogP contribution in [-0.2, 0) is 6.42 Å². The number of hydrogen-bond acceptors (Lipinski definition) is 4. The summed E-state index contributed by atoms with van der Waals surface area (Å²) < 4.78 is 4.92. The molecule has 4 heteroatoms. The van der Waals surface area contributed by atoms with Crippen LogP contribution in [0.3, 0.4) is 0 Å². The molecule has 2 aromatic rings. The Morgan fingerprint density at radius 1 is 1.43 bits per heavy atom. The van der Waals surface area contributed by atoms with E-state index < -0.39 is 0 Å². The van der Waals surface area contributed by atoms with Crippen LogP contribution < -0.4 is 5.73 Å². The van der Waals surface area contributed by atoms with Crippen molar-refractivity contribution in [2.24, 2.45) is 5.73 Å². The Kier molecular flexibility index (Phi) is 2.55.